The molecule has 0 atom stereocenters. The van der Waals surface area contributed by atoms with E-state index in [1.54, 1.807) is 0 Å². The van der Waals surface area contributed by atoms with Crippen molar-refractivity contribution in [3.05, 3.63) is 0 Å². The van der Waals surface area contributed by atoms with Crippen LogP contribution in [0.5, 0.6) is 0 Å². The summed E-state index contributed by atoms with van der Waals surface area (Å²) in [6, 6.07) is 0. The molecule has 0 fully saturated rings. The molecule has 0 aliphatic heterocycles. The topological polar surface area (TPSA) is 54.4 Å². The first-order chi connectivity index (χ1) is 1.73. The Bertz CT molecular complexity index is 59.2. The summed E-state index contributed by atoms with van der Waals surface area (Å²) < 4.78 is 24.4. The molecule has 0 aliphatic carbocycles. The largest absolute Gasteiger partial charge is 0 e. The summed E-state index contributed by atoms with van der Waals surface area (Å²) in [5, 5.41) is 0. The summed E-state index contributed by atoms with van der Waals surface area (Å²) in [4.78, 5) is 0. The SMILES string of the molecule is [Ce].[O]=[V](=[O])[OH].[Zr]. The van der Waals surface area contributed by atoms with Crippen LogP contribution >= 0.6 is 0 Å². The fraction of sp³-hybridized carbons (Fsp3) is 0. The maximum atomic E-state index is 8.67. The van der Waals surface area contributed by atoms with E-state index in [4.69, 9.17) is 11.4 Å². The fourth-order valence-electron chi connectivity index (χ4n) is 0. The van der Waals surface area contributed by atoms with E-state index in [0.717, 1.165) is 0 Å². The Kier molecular flexibility index (Phi) is 27.3. The summed E-state index contributed by atoms with van der Waals surface area (Å²) in [6.45, 7) is 0. The minimum atomic E-state index is -3.69. The van der Waals surface area contributed by atoms with Crippen molar-refractivity contribution in [2.75, 3.05) is 0 Å². The second-order valence-electron chi connectivity index (χ2n) is 0.238. The van der Waals surface area contributed by atoms with Gasteiger partial charge in [0.05, 0.1) is 0 Å². The van der Waals surface area contributed by atoms with Gasteiger partial charge in [-0.05, 0) is 0 Å². The number of hydrogen-bond donors (Lipinski definition) is 1. The standard InChI is InChI=1S/Ce.H2O.2O.V.Zr/h;1H2;;;;/q;;;;+1;/p-1. The third kappa shape index (κ3) is 32.4. The number of rotatable bonds is 0. The molecule has 0 saturated heterocycles. The van der Waals surface area contributed by atoms with Crippen molar-refractivity contribution in [3.8, 4) is 0 Å². The van der Waals surface area contributed by atoms with Crippen molar-refractivity contribution in [1.29, 1.82) is 0 Å². The van der Waals surface area contributed by atoms with Gasteiger partial charge >= 0.3 is 26.8 Å². The zero-order chi connectivity index (χ0) is 3.58. The van der Waals surface area contributed by atoms with E-state index < -0.39 is 15.4 Å². The molecule has 1 N–H and O–H groups in total. The molecule has 0 radical (unpaired) electrons. The molecular weight excluding hydrogens is 330 g/mol. The van der Waals surface area contributed by atoms with E-state index in [9.17, 15) is 0 Å². The van der Waals surface area contributed by atoms with Gasteiger partial charge in [0.25, 0.3) is 0 Å². The van der Waals surface area contributed by atoms with Gasteiger partial charge in [-0.25, -0.2) is 0 Å². The van der Waals surface area contributed by atoms with Crippen molar-refractivity contribution >= 4 is 0 Å². The van der Waals surface area contributed by atoms with Crippen molar-refractivity contribution in [2.24, 2.45) is 0 Å². The second kappa shape index (κ2) is 10.4. The van der Waals surface area contributed by atoms with E-state index in [0.29, 0.717) is 0 Å². The van der Waals surface area contributed by atoms with Gasteiger partial charge in [0.2, 0.25) is 0 Å². The van der Waals surface area contributed by atoms with E-state index in [2.05, 4.69) is 0 Å². The molecule has 0 aliphatic rings. The van der Waals surface area contributed by atoms with Gasteiger partial charge in [-0.3, -0.25) is 0 Å². The smallest absolute Gasteiger partial charge is 0 e. The van der Waals surface area contributed by atoms with Gasteiger partial charge < -0.3 is 0 Å². The Morgan fingerprint density at radius 3 is 1.33 bits per heavy atom. The molecule has 0 rings (SSSR count). The fourth-order valence-corrected chi connectivity index (χ4v) is 0. The molecule has 0 amide bonds. The van der Waals surface area contributed by atoms with Crippen molar-refractivity contribution in [3.63, 3.8) is 0 Å². The molecule has 0 aromatic rings. The number of hydrogen-bond acceptors (Lipinski definition) is 2. The molecule has 32 valence electrons. The monoisotopic (exact) mass is 330 g/mol. The van der Waals surface area contributed by atoms with Gasteiger partial charge in [0.15, 0.2) is 0 Å². The molecular formula is HCeO3VZr. The molecule has 0 aromatic heterocycles. The Balaban J connectivity index is -0.0000000450. The predicted octanol–water partition coefficient (Wildman–Crippen LogP) is -0.800. The van der Waals surface area contributed by atoms with Crippen LogP contribution in [-0.4, -0.2) is 4.03 Å². The molecule has 0 saturated carbocycles. The van der Waals surface area contributed by atoms with Crippen LogP contribution in [0.15, 0.2) is 0 Å². The van der Waals surface area contributed by atoms with Gasteiger partial charge in [0.1, 0.15) is 0 Å². The average molecular weight is 331 g/mol. The summed E-state index contributed by atoms with van der Waals surface area (Å²) >= 11 is -3.69. The van der Waals surface area contributed by atoms with Crippen LogP contribution < -0.4 is 0 Å². The summed E-state index contributed by atoms with van der Waals surface area (Å²) in [7, 11) is 0. The maximum absolute atomic E-state index is 8.67. The predicted molar refractivity (Wildman–Crippen MR) is 3.59 cm³/mol. The van der Waals surface area contributed by atoms with Crippen molar-refractivity contribution in [1.82, 2.24) is 0 Å². The third-order valence-corrected chi connectivity index (χ3v) is 0. The van der Waals surface area contributed by atoms with Crippen LogP contribution in [0.2, 0.25) is 0 Å². The normalized spacial score (nSPS) is 4.17. The van der Waals surface area contributed by atoms with Crippen molar-refractivity contribution in [2.45, 2.75) is 0 Å². The summed E-state index contributed by atoms with van der Waals surface area (Å²) in [6.07, 6.45) is 0. The Hall–Kier alpha value is 2.40. The van der Waals surface area contributed by atoms with Crippen LogP contribution in [0.4, 0.5) is 0 Å². The van der Waals surface area contributed by atoms with Gasteiger partial charge in [0, 0.05) is 68.0 Å². The zero-order valence-corrected chi connectivity index (χ0v) is 9.71. The van der Waals surface area contributed by atoms with Crippen LogP contribution in [-0.2, 0) is 49.0 Å². The quantitative estimate of drug-likeness (QED) is 0.632. The first-order valence-corrected chi connectivity index (χ1v) is 2.33. The van der Waals surface area contributed by atoms with Crippen LogP contribution in [0.1, 0.15) is 0 Å². The second-order valence-corrected chi connectivity index (χ2v) is 0.981. The summed E-state index contributed by atoms with van der Waals surface area (Å²) in [5.74, 6) is 0. The molecule has 3 nitrogen and oxygen atoms in total. The minimum Gasteiger partial charge on any atom is 0 e. The Labute approximate surface area is 92.7 Å². The molecule has 6 heavy (non-hydrogen) atoms. The van der Waals surface area contributed by atoms with E-state index in [1.807, 2.05) is 0 Å². The third-order valence-electron chi connectivity index (χ3n) is 0. The van der Waals surface area contributed by atoms with Gasteiger partial charge in [-0.2, -0.15) is 0 Å². The first-order valence-electron chi connectivity index (χ1n) is 0.565. The van der Waals surface area contributed by atoms with Crippen molar-refractivity contribution < 1.29 is 94.7 Å². The first kappa shape index (κ1) is 15.8. The van der Waals surface area contributed by atoms with Gasteiger partial charge in [-0.15, -0.1) is 0 Å². The Morgan fingerprint density at radius 2 is 1.33 bits per heavy atom. The minimum absolute atomic E-state index is 0. The Morgan fingerprint density at radius 1 is 1.33 bits per heavy atom. The van der Waals surface area contributed by atoms with E-state index in [1.165, 1.54) is 0 Å². The zero-order valence-electron chi connectivity index (χ0n) is 2.71. The molecule has 6 heteroatoms. The molecule has 0 aromatic carbocycles. The average Bonchev–Trinajstić information content (AvgIpc) is 0.811. The molecule has 0 spiro atoms. The summed E-state index contributed by atoms with van der Waals surface area (Å²) in [5.41, 5.74) is 0. The maximum Gasteiger partial charge on any atom is 0 e. The molecule has 0 heterocycles. The van der Waals surface area contributed by atoms with E-state index in [-0.39, 0.29) is 68.0 Å². The molecule has 0 unspecified atom stereocenters. The van der Waals surface area contributed by atoms with Crippen LogP contribution in [0, 0.1) is 41.7 Å². The molecule has 0 bridgehead atoms. The van der Waals surface area contributed by atoms with Crippen LogP contribution in [0.3, 0.4) is 0 Å². The van der Waals surface area contributed by atoms with E-state index >= 15 is 0 Å². The van der Waals surface area contributed by atoms with Gasteiger partial charge in [-0.1, -0.05) is 0 Å². The van der Waals surface area contributed by atoms with Crippen LogP contribution in [0.25, 0.3) is 0 Å².